The van der Waals surface area contributed by atoms with Gasteiger partial charge < -0.3 is 16.0 Å². The summed E-state index contributed by atoms with van der Waals surface area (Å²) in [6.07, 6.45) is 1.81. The Labute approximate surface area is 177 Å². The largest absolute Gasteiger partial charge is 0.379 e. The quantitative estimate of drug-likeness (QED) is 0.645. The summed E-state index contributed by atoms with van der Waals surface area (Å²) in [5, 5.41) is 3.67. The number of rotatable bonds is 8. The highest BCUT2D eigenvalue weighted by Gasteiger charge is 2.29. The lowest BCUT2D eigenvalue weighted by molar-refractivity contribution is 0.0953. The monoisotopic (exact) mass is 410 g/mol. The van der Waals surface area contributed by atoms with Crippen LogP contribution in [0.3, 0.4) is 0 Å². The highest BCUT2D eigenvalue weighted by molar-refractivity contribution is 8.13. The Morgan fingerprint density at radius 1 is 1.24 bits per heavy atom. The second kappa shape index (κ2) is 9.83. The standard InChI is InChI=1S/C23H30N4OS/c1-3-27(20-11-5-4-6-12-20)15-8-14-25-21(28)18-9-7-10-19(17-18)23(2)13-16-29-22(24)26-23/h4-7,9-12,17H,3,8,13-16H2,1-2H3,(H2,24,26)(H,25,28). The maximum Gasteiger partial charge on any atom is 0.251 e. The number of anilines is 1. The van der Waals surface area contributed by atoms with Crippen LogP contribution in [-0.4, -0.2) is 36.5 Å². The fourth-order valence-electron chi connectivity index (χ4n) is 3.57. The van der Waals surface area contributed by atoms with Gasteiger partial charge in [0.1, 0.15) is 0 Å². The molecule has 1 atom stereocenters. The lowest BCUT2D eigenvalue weighted by atomic mass is 9.88. The molecule has 0 fully saturated rings. The lowest BCUT2D eigenvalue weighted by Gasteiger charge is -2.30. The number of nitrogens with two attached hydrogens (primary N) is 1. The van der Waals surface area contributed by atoms with Crippen LogP contribution in [0.4, 0.5) is 5.69 Å². The first-order valence-electron chi connectivity index (χ1n) is 10.2. The van der Waals surface area contributed by atoms with E-state index in [0.717, 1.165) is 37.2 Å². The van der Waals surface area contributed by atoms with Crippen molar-refractivity contribution in [1.82, 2.24) is 5.32 Å². The number of para-hydroxylation sites is 1. The minimum atomic E-state index is -0.358. The molecule has 29 heavy (non-hydrogen) atoms. The lowest BCUT2D eigenvalue weighted by Crippen LogP contribution is -2.31. The molecule has 0 saturated carbocycles. The second-order valence-electron chi connectivity index (χ2n) is 7.43. The maximum atomic E-state index is 12.6. The highest BCUT2D eigenvalue weighted by atomic mass is 32.2. The summed E-state index contributed by atoms with van der Waals surface area (Å²) < 4.78 is 0. The van der Waals surface area contributed by atoms with Crippen molar-refractivity contribution < 1.29 is 4.79 Å². The van der Waals surface area contributed by atoms with Gasteiger partial charge >= 0.3 is 0 Å². The zero-order valence-corrected chi connectivity index (χ0v) is 18.0. The number of carbonyl (C=O) groups excluding carboxylic acids is 1. The van der Waals surface area contributed by atoms with Crippen molar-refractivity contribution in [1.29, 1.82) is 0 Å². The molecule has 2 aromatic rings. The summed E-state index contributed by atoms with van der Waals surface area (Å²) in [6.45, 7) is 6.73. The van der Waals surface area contributed by atoms with Crippen LogP contribution >= 0.6 is 11.8 Å². The van der Waals surface area contributed by atoms with E-state index < -0.39 is 0 Å². The van der Waals surface area contributed by atoms with Gasteiger partial charge in [0.25, 0.3) is 5.91 Å². The fraction of sp³-hybridized carbons (Fsp3) is 0.391. The molecule has 0 spiro atoms. The van der Waals surface area contributed by atoms with Crippen LogP contribution in [0.15, 0.2) is 59.6 Å². The van der Waals surface area contributed by atoms with E-state index in [2.05, 4.69) is 53.3 Å². The molecule has 1 aliphatic heterocycles. The number of benzene rings is 2. The summed E-state index contributed by atoms with van der Waals surface area (Å²) in [7, 11) is 0. The van der Waals surface area contributed by atoms with Crippen molar-refractivity contribution in [2.45, 2.75) is 32.2 Å². The number of amidine groups is 1. The molecular weight excluding hydrogens is 380 g/mol. The average Bonchev–Trinajstić information content (AvgIpc) is 2.74. The van der Waals surface area contributed by atoms with Crippen molar-refractivity contribution in [3.8, 4) is 0 Å². The number of amides is 1. The summed E-state index contributed by atoms with van der Waals surface area (Å²) in [5.74, 6) is 0.901. The normalized spacial score (nSPS) is 18.8. The zero-order chi connectivity index (χ0) is 20.7. The predicted octanol–water partition coefficient (Wildman–Crippen LogP) is 4.00. The minimum absolute atomic E-state index is 0.0413. The molecule has 3 N–H and O–H groups in total. The van der Waals surface area contributed by atoms with Crippen LogP contribution in [0.25, 0.3) is 0 Å². The van der Waals surface area contributed by atoms with Gasteiger partial charge in [0, 0.05) is 36.6 Å². The molecule has 1 heterocycles. The van der Waals surface area contributed by atoms with E-state index in [1.165, 1.54) is 5.69 Å². The van der Waals surface area contributed by atoms with E-state index in [9.17, 15) is 4.79 Å². The molecule has 2 aromatic carbocycles. The number of hydrogen-bond acceptors (Lipinski definition) is 5. The van der Waals surface area contributed by atoms with Crippen molar-refractivity contribution >= 4 is 28.5 Å². The molecular formula is C23H30N4OS. The molecule has 0 bridgehead atoms. The van der Waals surface area contributed by atoms with Crippen LogP contribution in [0, 0.1) is 0 Å². The average molecular weight is 411 g/mol. The fourth-order valence-corrected chi connectivity index (χ4v) is 4.55. The third-order valence-electron chi connectivity index (χ3n) is 5.34. The van der Waals surface area contributed by atoms with Crippen molar-refractivity contribution in [3.63, 3.8) is 0 Å². The molecule has 154 valence electrons. The van der Waals surface area contributed by atoms with E-state index in [-0.39, 0.29) is 11.4 Å². The summed E-state index contributed by atoms with van der Waals surface area (Å²) in [5.41, 5.74) is 8.50. The molecule has 1 aliphatic rings. The van der Waals surface area contributed by atoms with Crippen molar-refractivity contribution in [3.05, 3.63) is 65.7 Å². The molecule has 0 radical (unpaired) electrons. The van der Waals surface area contributed by atoms with Gasteiger partial charge in [-0.25, -0.2) is 0 Å². The van der Waals surface area contributed by atoms with Crippen LogP contribution in [-0.2, 0) is 5.54 Å². The first-order chi connectivity index (χ1) is 14.0. The molecule has 1 unspecified atom stereocenters. The van der Waals surface area contributed by atoms with Crippen LogP contribution in [0.5, 0.6) is 0 Å². The Morgan fingerprint density at radius 2 is 2.03 bits per heavy atom. The molecule has 5 nitrogen and oxygen atoms in total. The highest BCUT2D eigenvalue weighted by Crippen LogP contribution is 2.35. The maximum absolute atomic E-state index is 12.6. The Kier molecular flexibility index (Phi) is 7.20. The van der Waals surface area contributed by atoms with E-state index in [1.807, 2.05) is 30.3 Å². The number of nitrogens with one attached hydrogen (secondary N) is 1. The number of nitrogens with zero attached hydrogens (tertiary/aromatic N) is 2. The van der Waals surface area contributed by atoms with Gasteiger partial charge in [0.05, 0.1) is 5.54 Å². The number of thioether (sulfide) groups is 1. The molecule has 0 aliphatic carbocycles. The van der Waals surface area contributed by atoms with Gasteiger partial charge in [-0.2, -0.15) is 0 Å². The first kappa shape index (κ1) is 21.2. The SMILES string of the molecule is CCN(CCCNC(=O)c1cccc(C2(C)CCSC(N)=N2)c1)c1ccccc1. The summed E-state index contributed by atoms with van der Waals surface area (Å²) >= 11 is 1.59. The van der Waals surface area contributed by atoms with E-state index >= 15 is 0 Å². The molecule has 1 amide bonds. The summed E-state index contributed by atoms with van der Waals surface area (Å²) in [4.78, 5) is 19.6. The van der Waals surface area contributed by atoms with Gasteiger partial charge in [0.2, 0.25) is 0 Å². The zero-order valence-electron chi connectivity index (χ0n) is 17.2. The van der Waals surface area contributed by atoms with Crippen LogP contribution in [0.2, 0.25) is 0 Å². The van der Waals surface area contributed by atoms with E-state index in [0.29, 0.717) is 17.3 Å². The van der Waals surface area contributed by atoms with Gasteiger partial charge in [-0.15, -0.1) is 0 Å². The molecule has 0 saturated heterocycles. The smallest absolute Gasteiger partial charge is 0.251 e. The van der Waals surface area contributed by atoms with Gasteiger partial charge in [-0.1, -0.05) is 42.1 Å². The number of aliphatic imine (C=N–C) groups is 1. The van der Waals surface area contributed by atoms with Gasteiger partial charge in [-0.05, 0) is 56.5 Å². The summed E-state index contributed by atoms with van der Waals surface area (Å²) in [6, 6.07) is 18.1. The third-order valence-corrected chi connectivity index (χ3v) is 6.13. The minimum Gasteiger partial charge on any atom is -0.379 e. The van der Waals surface area contributed by atoms with Gasteiger partial charge in [0.15, 0.2) is 5.17 Å². The molecule has 3 rings (SSSR count). The van der Waals surface area contributed by atoms with E-state index in [1.54, 1.807) is 11.8 Å². The second-order valence-corrected chi connectivity index (χ2v) is 8.54. The number of carbonyl (C=O) groups is 1. The first-order valence-corrected chi connectivity index (χ1v) is 11.2. The Balaban J connectivity index is 1.55. The molecule has 6 heteroatoms. The molecule has 0 aromatic heterocycles. The Morgan fingerprint density at radius 3 is 2.76 bits per heavy atom. The van der Waals surface area contributed by atoms with Crippen molar-refractivity contribution in [2.75, 3.05) is 30.3 Å². The van der Waals surface area contributed by atoms with Gasteiger partial charge in [-0.3, -0.25) is 9.79 Å². The Bertz CT molecular complexity index is 855. The van der Waals surface area contributed by atoms with E-state index in [4.69, 9.17) is 5.73 Å². The topological polar surface area (TPSA) is 70.7 Å². The van der Waals surface area contributed by atoms with Crippen molar-refractivity contribution in [2.24, 2.45) is 10.7 Å². The van der Waals surface area contributed by atoms with Crippen LogP contribution < -0.4 is 16.0 Å². The van der Waals surface area contributed by atoms with Crippen LogP contribution in [0.1, 0.15) is 42.6 Å². The number of hydrogen-bond donors (Lipinski definition) is 2. The Hall–Kier alpha value is -2.47. The predicted molar refractivity (Wildman–Crippen MR) is 124 cm³/mol. The third kappa shape index (κ3) is 5.54.